The molecule has 8 rings (SSSR count). The number of hydrogen-bond donors (Lipinski definition) is 0. The molecule has 1 heteroatoms. The van der Waals surface area contributed by atoms with E-state index in [1.165, 1.54) is 6.07 Å². The van der Waals surface area contributed by atoms with Gasteiger partial charge in [-0.25, -0.2) is 0 Å². The molecule has 0 N–H and O–H groups in total. The third-order valence-electron chi connectivity index (χ3n) is 6.99. The lowest BCUT2D eigenvalue weighted by atomic mass is 9.84. The van der Waals surface area contributed by atoms with Crippen LogP contribution in [0.25, 0.3) is 76.9 Å². The predicted octanol–water partition coefficient (Wildman–Crippen LogP) is 10.9. The van der Waals surface area contributed by atoms with Gasteiger partial charge < -0.3 is 4.42 Å². The molecular formula is C38H24O. The molecule has 0 saturated heterocycles. The van der Waals surface area contributed by atoms with E-state index < -0.39 is 78.6 Å². The smallest absolute Gasteiger partial charge is 0.136 e. The van der Waals surface area contributed by atoms with Crippen LogP contribution < -0.4 is 0 Å². The summed E-state index contributed by atoms with van der Waals surface area (Å²) in [4.78, 5) is 0. The van der Waals surface area contributed by atoms with Crippen LogP contribution in [-0.4, -0.2) is 0 Å². The largest absolute Gasteiger partial charge is 0.456 e. The molecule has 1 aromatic heterocycles. The van der Waals surface area contributed by atoms with Crippen molar-refractivity contribution in [3.63, 3.8) is 0 Å². The summed E-state index contributed by atoms with van der Waals surface area (Å²) in [6, 6.07) is 12.2. The molecular weight excluding hydrogens is 472 g/mol. The van der Waals surface area contributed by atoms with Gasteiger partial charge in [0.15, 0.2) is 0 Å². The highest BCUT2D eigenvalue weighted by molar-refractivity contribution is 6.25. The summed E-state index contributed by atoms with van der Waals surface area (Å²) in [5.41, 5.74) is 2.06. The molecule has 0 amide bonds. The standard InChI is InChI=1S/C38H24O/c1-2-12-25(13-3-1)26-14-10-15-27(24-26)36-28-16-4-6-18-30(28)37(31-19-7-5-17-29(31)36)33-21-11-23-35-38(33)32-20-8-9-22-34(32)39-35/h1-24H/i1D,2D,3D,4D,5D,6D,7D,12D,13D,16D,17D,18D,19D. The maximum Gasteiger partial charge on any atom is 0.136 e. The Morgan fingerprint density at radius 3 is 1.77 bits per heavy atom. The maximum absolute atomic E-state index is 9.29. The summed E-state index contributed by atoms with van der Waals surface area (Å²) >= 11 is 0. The highest BCUT2D eigenvalue weighted by Gasteiger charge is 2.20. The summed E-state index contributed by atoms with van der Waals surface area (Å²) < 4.78 is 120. The molecule has 0 aliphatic carbocycles. The summed E-state index contributed by atoms with van der Waals surface area (Å²) in [6.07, 6.45) is 0. The number of benzene rings is 7. The summed E-state index contributed by atoms with van der Waals surface area (Å²) in [5, 5.41) is 1.31. The first-order valence-corrected chi connectivity index (χ1v) is 12.3. The van der Waals surface area contributed by atoms with Gasteiger partial charge in [-0.3, -0.25) is 0 Å². The first-order chi connectivity index (χ1) is 24.8. The normalized spacial score (nSPS) is 16.3. The van der Waals surface area contributed by atoms with Crippen molar-refractivity contribution in [1.29, 1.82) is 0 Å². The zero-order valence-corrected chi connectivity index (χ0v) is 20.3. The van der Waals surface area contributed by atoms with E-state index >= 15 is 0 Å². The molecule has 0 fully saturated rings. The van der Waals surface area contributed by atoms with Crippen LogP contribution in [0.1, 0.15) is 17.8 Å². The average Bonchev–Trinajstić information content (AvgIpc) is 3.54. The Kier molecular flexibility index (Phi) is 2.82. The van der Waals surface area contributed by atoms with Crippen LogP contribution in [-0.2, 0) is 0 Å². The summed E-state index contributed by atoms with van der Waals surface area (Å²) in [6.45, 7) is 0. The highest BCUT2D eigenvalue weighted by Crippen LogP contribution is 2.47. The van der Waals surface area contributed by atoms with E-state index in [4.69, 9.17) is 16.8 Å². The van der Waals surface area contributed by atoms with Gasteiger partial charge in [-0.1, -0.05) is 127 Å². The minimum absolute atomic E-state index is 0.0125. The van der Waals surface area contributed by atoms with Gasteiger partial charge >= 0.3 is 0 Å². The van der Waals surface area contributed by atoms with Gasteiger partial charge in [0, 0.05) is 10.8 Å². The van der Waals surface area contributed by atoms with Crippen molar-refractivity contribution in [1.82, 2.24) is 0 Å². The number of rotatable bonds is 3. The molecule has 39 heavy (non-hydrogen) atoms. The van der Waals surface area contributed by atoms with Crippen molar-refractivity contribution in [3.8, 4) is 33.4 Å². The first-order valence-electron chi connectivity index (χ1n) is 18.8. The molecule has 0 saturated carbocycles. The molecule has 0 atom stereocenters. The second-order valence-electron chi connectivity index (χ2n) is 9.11. The average molecular weight is 510 g/mol. The Balaban J connectivity index is 1.64. The molecule has 182 valence electrons. The van der Waals surface area contributed by atoms with E-state index in [2.05, 4.69) is 0 Å². The minimum Gasteiger partial charge on any atom is -0.456 e. The highest BCUT2D eigenvalue weighted by atomic mass is 16.3. The van der Waals surface area contributed by atoms with Crippen LogP contribution in [0.4, 0.5) is 0 Å². The molecule has 0 radical (unpaired) electrons. The van der Waals surface area contributed by atoms with Gasteiger partial charge in [0.2, 0.25) is 0 Å². The Bertz CT molecular complexity index is 2780. The van der Waals surface area contributed by atoms with E-state index in [-0.39, 0.29) is 49.4 Å². The second kappa shape index (κ2) is 8.72. The Hall–Kier alpha value is -5.14. The van der Waals surface area contributed by atoms with Gasteiger partial charge in [0.1, 0.15) is 11.2 Å². The molecule has 0 unspecified atom stereocenters. The van der Waals surface area contributed by atoms with Gasteiger partial charge in [0.05, 0.1) is 17.8 Å². The van der Waals surface area contributed by atoms with Crippen LogP contribution in [0.15, 0.2) is 150 Å². The Labute approximate surface area is 244 Å². The van der Waals surface area contributed by atoms with Gasteiger partial charge in [-0.2, -0.15) is 0 Å². The fourth-order valence-corrected chi connectivity index (χ4v) is 5.39. The van der Waals surface area contributed by atoms with Crippen LogP contribution in [0.3, 0.4) is 0 Å². The lowest BCUT2D eigenvalue weighted by molar-refractivity contribution is 0.669. The van der Waals surface area contributed by atoms with Crippen molar-refractivity contribution in [2.24, 2.45) is 0 Å². The fourth-order valence-electron chi connectivity index (χ4n) is 5.39. The first kappa shape index (κ1) is 12.6. The van der Waals surface area contributed by atoms with Crippen molar-refractivity contribution >= 4 is 43.5 Å². The van der Waals surface area contributed by atoms with Crippen LogP contribution in [0.5, 0.6) is 0 Å². The zero-order chi connectivity index (χ0) is 37.1. The Morgan fingerprint density at radius 2 is 1.03 bits per heavy atom. The predicted molar refractivity (Wildman–Crippen MR) is 165 cm³/mol. The van der Waals surface area contributed by atoms with Crippen molar-refractivity contribution in [2.75, 3.05) is 0 Å². The van der Waals surface area contributed by atoms with Gasteiger partial charge in [0.25, 0.3) is 0 Å². The fraction of sp³-hybridized carbons (Fsp3) is 0. The molecule has 0 aliphatic heterocycles. The molecule has 0 spiro atoms. The summed E-state index contributed by atoms with van der Waals surface area (Å²) in [5.74, 6) is 0. The Morgan fingerprint density at radius 1 is 0.436 bits per heavy atom. The number of para-hydroxylation sites is 1. The molecule has 8 aromatic rings. The van der Waals surface area contributed by atoms with Gasteiger partial charge in [-0.05, 0) is 73.1 Å². The number of fused-ring (bicyclic) bond motifs is 5. The molecule has 7 aromatic carbocycles. The monoisotopic (exact) mass is 509 g/mol. The topological polar surface area (TPSA) is 13.1 Å². The third kappa shape index (κ3) is 3.41. The molecule has 1 nitrogen and oxygen atoms in total. The maximum atomic E-state index is 9.29. The lowest BCUT2D eigenvalue weighted by Gasteiger charge is -2.18. The van der Waals surface area contributed by atoms with E-state index in [1.807, 2.05) is 18.2 Å². The third-order valence-corrected chi connectivity index (χ3v) is 6.99. The number of hydrogen-bond acceptors (Lipinski definition) is 1. The SMILES string of the molecule is [2H]c1c([2H])c([2H])c(-c2cccc(-c3c4c([2H])c([2H])c([2H])c([2H])c4c(-c4cccc5oc6ccccc6c45)c4c([2H])c([2H])c([2H])c([2H])c34)c2)c([2H])c1[2H]. The van der Waals surface area contributed by atoms with E-state index in [9.17, 15) is 5.48 Å². The molecule has 0 bridgehead atoms. The minimum atomic E-state index is -0.560. The van der Waals surface area contributed by atoms with Crippen molar-refractivity contribution in [3.05, 3.63) is 145 Å². The van der Waals surface area contributed by atoms with Crippen LogP contribution in [0, 0.1) is 0 Å². The van der Waals surface area contributed by atoms with Crippen molar-refractivity contribution in [2.45, 2.75) is 0 Å². The lowest BCUT2D eigenvalue weighted by Crippen LogP contribution is -1.91. The van der Waals surface area contributed by atoms with Crippen LogP contribution >= 0.6 is 0 Å². The zero-order valence-electron chi connectivity index (χ0n) is 33.3. The van der Waals surface area contributed by atoms with Crippen molar-refractivity contribution < 1.29 is 22.2 Å². The quantitative estimate of drug-likeness (QED) is 0.216. The van der Waals surface area contributed by atoms with Gasteiger partial charge in [-0.15, -0.1) is 0 Å². The molecule has 1 heterocycles. The van der Waals surface area contributed by atoms with E-state index in [0.717, 1.165) is 0 Å². The summed E-state index contributed by atoms with van der Waals surface area (Å²) in [7, 11) is 0. The van der Waals surface area contributed by atoms with E-state index in [1.54, 1.807) is 42.5 Å². The van der Waals surface area contributed by atoms with E-state index in [0.29, 0.717) is 27.5 Å². The molecule has 0 aliphatic rings. The van der Waals surface area contributed by atoms with Crippen LogP contribution in [0.2, 0.25) is 0 Å². The number of furan rings is 1. The second-order valence-corrected chi connectivity index (χ2v) is 9.11.